The molecule has 1 aromatic heterocycles. The first kappa shape index (κ1) is 17.2. The van der Waals surface area contributed by atoms with Gasteiger partial charge in [-0.2, -0.15) is 5.26 Å². The zero-order chi connectivity index (χ0) is 17.0. The fourth-order valence-corrected chi connectivity index (χ4v) is 3.57. The molecule has 0 unspecified atom stereocenters. The Morgan fingerprint density at radius 2 is 1.78 bits per heavy atom. The Bertz CT molecular complexity index is 830. The van der Waals surface area contributed by atoms with Crippen LogP contribution in [-0.4, -0.2) is 24.5 Å². The lowest BCUT2D eigenvalue weighted by atomic mass is 10.3. The van der Waals surface area contributed by atoms with Crippen molar-refractivity contribution in [3.05, 3.63) is 47.5 Å². The van der Waals surface area contributed by atoms with E-state index in [1.807, 2.05) is 13.8 Å². The SMILES string of the molecule is CC(C)Oc1ccc(S(=O)(=O)[C@H](C#N)c2nccnc2Cl)cc1. The standard InChI is InChI=1S/C15H14ClN3O3S/c1-10(2)22-11-3-5-12(6-4-11)23(20,21)13(9-17)14-15(16)19-8-7-18-14/h3-8,10,13H,1-2H3/t13-/m1/s1. The number of sulfone groups is 1. The summed E-state index contributed by atoms with van der Waals surface area (Å²) in [6.07, 6.45) is 2.59. The largest absolute Gasteiger partial charge is 0.491 e. The molecule has 0 saturated carbocycles. The molecule has 0 N–H and O–H groups in total. The minimum atomic E-state index is -3.98. The van der Waals surface area contributed by atoms with E-state index in [2.05, 4.69) is 9.97 Å². The molecule has 2 rings (SSSR count). The zero-order valence-electron chi connectivity index (χ0n) is 12.5. The van der Waals surface area contributed by atoms with Crippen LogP contribution in [0.15, 0.2) is 41.6 Å². The second-order valence-corrected chi connectivity index (χ2v) is 7.32. The summed E-state index contributed by atoms with van der Waals surface area (Å²) in [5.41, 5.74) is -0.0841. The molecule has 8 heteroatoms. The van der Waals surface area contributed by atoms with Gasteiger partial charge in [0.1, 0.15) is 11.4 Å². The maximum atomic E-state index is 12.7. The van der Waals surface area contributed by atoms with E-state index >= 15 is 0 Å². The molecular formula is C15H14ClN3O3S. The number of benzene rings is 1. The summed E-state index contributed by atoms with van der Waals surface area (Å²) in [5, 5.41) is 7.66. The molecule has 0 radical (unpaired) electrons. The van der Waals surface area contributed by atoms with Gasteiger partial charge in [0.15, 0.2) is 10.4 Å². The molecule has 0 aliphatic carbocycles. The first-order chi connectivity index (χ1) is 10.9. The highest BCUT2D eigenvalue weighted by Crippen LogP contribution is 2.31. The van der Waals surface area contributed by atoms with Gasteiger partial charge >= 0.3 is 0 Å². The number of halogens is 1. The second kappa shape index (κ2) is 6.94. The summed E-state index contributed by atoms with van der Waals surface area (Å²) in [5.74, 6) is 0.546. The van der Waals surface area contributed by atoms with Crippen molar-refractivity contribution >= 4 is 21.4 Å². The van der Waals surface area contributed by atoms with Crippen molar-refractivity contribution in [3.8, 4) is 11.8 Å². The molecule has 0 fully saturated rings. The molecule has 1 aromatic carbocycles. The van der Waals surface area contributed by atoms with Gasteiger partial charge in [0, 0.05) is 12.4 Å². The first-order valence-corrected chi connectivity index (χ1v) is 8.65. The summed E-state index contributed by atoms with van der Waals surface area (Å²) >= 11 is 5.86. The maximum absolute atomic E-state index is 12.7. The van der Waals surface area contributed by atoms with E-state index in [1.165, 1.54) is 24.5 Å². The van der Waals surface area contributed by atoms with E-state index in [4.69, 9.17) is 16.3 Å². The lowest BCUT2D eigenvalue weighted by Gasteiger charge is -2.13. The highest BCUT2D eigenvalue weighted by molar-refractivity contribution is 7.92. The third-order valence-electron chi connectivity index (χ3n) is 2.88. The third-order valence-corrected chi connectivity index (χ3v) is 5.05. The van der Waals surface area contributed by atoms with Crippen LogP contribution < -0.4 is 4.74 Å². The number of rotatable bonds is 5. The number of hydrogen-bond acceptors (Lipinski definition) is 6. The van der Waals surface area contributed by atoms with Gasteiger partial charge in [0.25, 0.3) is 0 Å². The summed E-state index contributed by atoms with van der Waals surface area (Å²) in [7, 11) is -3.98. The van der Waals surface area contributed by atoms with Gasteiger partial charge in [0.2, 0.25) is 9.84 Å². The smallest absolute Gasteiger partial charge is 0.200 e. The van der Waals surface area contributed by atoms with E-state index in [9.17, 15) is 13.7 Å². The number of ether oxygens (including phenoxy) is 1. The molecular weight excluding hydrogens is 338 g/mol. The minimum Gasteiger partial charge on any atom is -0.491 e. The van der Waals surface area contributed by atoms with Gasteiger partial charge in [-0.1, -0.05) is 11.6 Å². The maximum Gasteiger partial charge on any atom is 0.200 e. The van der Waals surface area contributed by atoms with Crippen molar-refractivity contribution in [3.63, 3.8) is 0 Å². The third kappa shape index (κ3) is 3.78. The first-order valence-electron chi connectivity index (χ1n) is 6.73. The van der Waals surface area contributed by atoms with Gasteiger partial charge in [-0.05, 0) is 38.1 Å². The van der Waals surface area contributed by atoms with E-state index in [0.29, 0.717) is 5.75 Å². The summed E-state index contributed by atoms with van der Waals surface area (Å²) in [6, 6.07) is 7.60. The van der Waals surface area contributed by atoms with Crippen molar-refractivity contribution in [2.45, 2.75) is 30.1 Å². The average molecular weight is 352 g/mol. The van der Waals surface area contributed by atoms with Crippen LogP contribution in [0.5, 0.6) is 5.75 Å². The van der Waals surface area contributed by atoms with Crippen molar-refractivity contribution < 1.29 is 13.2 Å². The molecule has 0 spiro atoms. The number of aromatic nitrogens is 2. The zero-order valence-corrected chi connectivity index (χ0v) is 14.0. The predicted octanol–water partition coefficient (Wildman–Crippen LogP) is 2.96. The van der Waals surface area contributed by atoms with Crippen molar-refractivity contribution in [2.24, 2.45) is 0 Å². The Morgan fingerprint density at radius 1 is 1.17 bits per heavy atom. The molecule has 0 aliphatic rings. The highest BCUT2D eigenvalue weighted by atomic mass is 35.5. The minimum absolute atomic E-state index is 0.0122. The van der Waals surface area contributed by atoms with Crippen LogP contribution in [0.2, 0.25) is 5.15 Å². The van der Waals surface area contributed by atoms with Crippen LogP contribution in [0.1, 0.15) is 24.8 Å². The van der Waals surface area contributed by atoms with Gasteiger partial charge in [-0.15, -0.1) is 0 Å². The lowest BCUT2D eigenvalue weighted by molar-refractivity contribution is 0.242. The monoisotopic (exact) mass is 351 g/mol. The van der Waals surface area contributed by atoms with Crippen molar-refractivity contribution in [1.29, 1.82) is 5.26 Å². The van der Waals surface area contributed by atoms with Gasteiger partial charge in [-0.3, -0.25) is 4.98 Å². The van der Waals surface area contributed by atoms with Crippen LogP contribution in [0.25, 0.3) is 0 Å². The fourth-order valence-electron chi connectivity index (χ4n) is 1.90. The molecule has 0 saturated heterocycles. The highest BCUT2D eigenvalue weighted by Gasteiger charge is 2.32. The normalized spacial score (nSPS) is 12.7. The Balaban J connectivity index is 2.40. The van der Waals surface area contributed by atoms with E-state index in [-0.39, 0.29) is 21.8 Å². The molecule has 0 aliphatic heterocycles. The molecule has 0 amide bonds. The summed E-state index contributed by atoms with van der Waals surface area (Å²) in [6.45, 7) is 3.73. The van der Waals surface area contributed by atoms with Gasteiger partial charge < -0.3 is 4.74 Å². The van der Waals surface area contributed by atoms with Crippen molar-refractivity contribution in [2.75, 3.05) is 0 Å². The molecule has 1 atom stereocenters. The second-order valence-electron chi connectivity index (χ2n) is 4.92. The molecule has 120 valence electrons. The van der Waals surface area contributed by atoms with E-state index in [1.54, 1.807) is 18.2 Å². The predicted molar refractivity (Wildman–Crippen MR) is 84.8 cm³/mol. The van der Waals surface area contributed by atoms with Crippen LogP contribution in [0.4, 0.5) is 0 Å². The molecule has 0 bridgehead atoms. The van der Waals surface area contributed by atoms with Crippen LogP contribution in [-0.2, 0) is 9.84 Å². The average Bonchev–Trinajstić information content (AvgIpc) is 2.49. The van der Waals surface area contributed by atoms with E-state index in [0.717, 1.165) is 0 Å². The number of nitrogens with zero attached hydrogens (tertiary/aromatic N) is 3. The van der Waals surface area contributed by atoms with E-state index < -0.39 is 15.1 Å². The van der Waals surface area contributed by atoms with Crippen LogP contribution in [0, 0.1) is 11.3 Å². The Kier molecular flexibility index (Phi) is 5.19. The lowest BCUT2D eigenvalue weighted by Crippen LogP contribution is -2.14. The topological polar surface area (TPSA) is 92.9 Å². The van der Waals surface area contributed by atoms with Crippen molar-refractivity contribution in [1.82, 2.24) is 9.97 Å². The van der Waals surface area contributed by atoms with Gasteiger partial charge in [-0.25, -0.2) is 13.4 Å². The molecule has 23 heavy (non-hydrogen) atoms. The molecule has 1 heterocycles. The summed E-state index contributed by atoms with van der Waals surface area (Å²) < 4.78 is 30.8. The molecule has 2 aromatic rings. The summed E-state index contributed by atoms with van der Waals surface area (Å²) in [4.78, 5) is 7.63. The fraction of sp³-hybridized carbons (Fsp3) is 0.267. The Hall–Kier alpha value is -2.17. The number of hydrogen-bond donors (Lipinski definition) is 0. The Labute approximate surface area is 139 Å². The van der Waals surface area contributed by atoms with Crippen LogP contribution in [0.3, 0.4) is 0 Å². The molecule has 6 nitrogen and oxygen atoms in total. The van der Waals surface area contributed by atoms with Gasteiger partial charge in [0.05, 0.1) is 17.1 Å². The quantitative estimate of drug-likeness (QED) is 0.822. The number of nitriles is 1. The Morgan fingerprint density at radius 3 is 2.30 bits per heavy atom. The van der Waals surface area contributed by atoms with Crippen LogP contribution >= 0.6 is 11.6 Å².